The molecule has 1 saturated heterocycles. The molecule has 0 aliphatic carbocycles. The topological polar surface area (TPSA) is 41.4 Å². The van der Waals surface area contributed by atoms with Gasteiger partial charge < -0.3 is 4.90 Å². The predicted octanol–water partition coefficient (Wildman–Crippen LogP) is 3.84. The van der Waals surface area contributed by atoms with Crippen LogP contribution in [-0.4, -0.2) is 51.7 Å². The van der Waals surface area contributed by atoms with Crippen LogP contribution in [-0.2, 0) is 24.1 Å². The summed E-state index contributed by atoms with van der Waals surface area (Å²) in [4.78, 5) is 16.8. The van der Waals surface area contributed by atoms with Gasteiger partial charge in [-0.3, -0.25) is 14.4 Å². The maximum atomic E-state index is 12.8. The number of aryl methyl sites for hydroxylation is 1. The van der Waals surface area contributed by atoms with Crippen molar-refractivity contribution in [2.75, 3.05) is 26.2 Å². The van der Waals surface area contributed by atoms with Gasteiger partial charge in [0.1, 0.15) is 0 Å². The van der Waals surface area contributed by atoms with Crippen LogP contribution in [0.25, 0.3) is 0 Å². The van der Waals surface area contributed by atoms with Gasteiger partial charge in [-0.2, -0.15) is 18.3 Å². The highest BCUT2D eigenvalue weighted by atomic mass is 35.5. The molecular formula is C20H24ClF3N4O. The Kier molecular flexibility index (Phi) is 6.53. The smallest absolute Gasteiger partial charge is 0.340 e. The van der Waals surface area contributed by atoms with Gasteiger partial charge in [0, 0.05) is 43.4 Å². The first kappa shape index (κ1) is 21.6. The van der Waals surface area contributed by atoms with Gasteiger partial charge in [0.15, 0.2) is 5.69 Å². The lowest BCUT2D eigenvalue weighted by Crippen LogP contribution is -2.50. The lowest BCUT2D eigenvalue weighted by atomic mass is 10.1. The van der Waals surface area contributed by atoms with Crippen molar-refractivity contribution < 1.29 is 18.0 Å². The zero-order valence-corrected chi connectivity index (χ0v) is 17.2. The van der Waals surface area contributed by atoms with Crippen molar-refractivity contribution in [2.24, 2.45) is 5.92 Å². The fourth-order valence-electron chi connectivity index (χ4n) is 3.48. The van der Waals surface area contributed by atoms with Gasteiger partial charge in [-0.25, -0.2) is 0 Å². The number of carbonyl (C=O) groups is 1. The fourth-order valence-corrected chi connectivity index (χ4v) is 3.67. The lowest BCUT2D eigenvalue weighted by molar-refractivity contribution is -0.141. The van der Waals surface area contributed by atoms with Crippen molar-refractivity contribution in [3.8, 4) is 0 Å². The van der Waals surface area contributed by atoms with E-state index in [1.165, 1.54) is 4.68 Å². The molecule has 0 saturated carbocycles. The molecule has 29 heavy (non-hydrogen) atoms. The van der Waals surface area contributed by atoms with E-state index in [1.807, 2.05) is 24.3 Å². The number of hydrogen-bond donors (Lipinski definition) is 0. The van der Waals surface area contributed by atoms with Crippen LogP contribution in [0.2, 0.25) is 5.02 Å². The first-order valence-corrected chi connectivity index (χ1v) is 9.89. The summed E-state index contributed by atoms with van der Waals surface area (Å²) in [6.45, 7) is 6.76. The second-order valence-corrected chi connectivity index (χ2v) is 7.85. The maximum Gasteiger partial charge on any atom is 0.435 e. The molecule has 1 aromatic heterocycles. The Bertz CT molecular complexity index is 860. The van der Waals surface area contributed by atoms with E-state index in [0.717, 1.165) is 36.3 Å². The summed E-state index contributed by atoms with van der Waals surface area (Å²) in [6.07, 6.45) is -4.48. The van der Waals surface area contributed by atoms with E-state index in [1.54, 1.807) is 18.7 Å². The zero-order valence-electron chi connectivity index (χ0n) is 16.4. The van der Waals surface area contributed by atoms with Crippen LogP contribution < -0.4 is 0 Å². The molecular weight excluding hydrogens is 405 g/mol. The first-order chi connectivity index (χ1) is 13.6. The van der Waals surface area contributed by atoms with Gasteiger partial charge in [-0.05, 0) is 24.6 Å². The third-order valence-corrected chi connectivity index (χ3v) is 5.54. The van der Waals surface area contributed by atoms with E-state index in [0.29, 0.717) is 18.8 Å². The Morgan fingerprint density at radius 2 is 1.86 bits per heavy atom. The van der Waals surface area contributed by atoms with Gasteiger partial charge in [-0.1, -0.05) is 36.7 Å². The van der Waals surface area contributed by atoms with Gasteiger partial charge >= 0.3 is 6.18 Å². The highest BCUT2D eigenvalue weighted by Gasteiger charge is 2.35. The molecule has 1 fully saturated rings. The normalized spacial score (nSPS) is 16.8. The molecule has 1 unspecified atom stereocenters. The van der Waals surface area contributed by atoms with E-state index in [-0.39, 0.29) is 12.5 Å². The summed E-state index contributed by atoms with van der Waals surface area (Å²) < 4.78 is 39.7. The number of aromatic nitrogens is 2. The largest absolute Gasteiger partial charge is 0.435 e. The summed E-state index contributed by atoms with van der Waals surface area (Å²) in [5, 5.41) is 4.35. The van der Waals surface area contributed by atoms with Crippen molar-refractivity contribution >= 4 is 17.5 Å². The van der Waals surface area contributed by atoms with Gasteiger partial charge in [0.05, 0.1) is 12.5 Å². The third-order valence-electron chi connectivity index (χ3n) is 5.18. The number of halogens is 4. The van der Waals surface area contributed by atoms with Gasteiger partial charge in [-0.15, -0.1) is 0 Å². The summed E-state index contributed by atoms with van der Waals surface area (Å²) in [6, 6.07) is 8.70. The van der Waals surface area contributed by atoms with E-state index < -0.39 is 17.8 Å². The zero-order chi connectivity index (χ0) is 21.2. The number of hydrogen-bond acceptors (Lipinski definition) is 3. The second-order valence-electron chi connectivity index (χ2n) is 7.44. The summed E-state index contributed by atoms with van der Waals surface area (Å²) in [5.74, 6) is -0.518. The van der Waals surface area contributed by atoms with E-state index >= 15 is 0 Å². The van der Waals surface area contributed by atoms with Crippen molar-refractivity contribution in [3.05, 3.63) is 52.3 Å². The number of nitrogens with zero attached hydrogens (tertiary/aromatic N) is 4. The number of benzene rings is 1. The van der Waals surface area contributed by atoms with E-state index in [4.69, 9.17) is 11.6 Å². The summed E-state index contributed by atoms with van der Waals surface area (Å²) >= 11 is 6.21. The van der Waals surface area contributed by atoms with Crippen LogP contribution >= 0.6 is 11.6 Å². The van der Waals surface area contributed by atoms with Gasteiger partial charge in [0.2, 0.25) is 5.91 Å². The van der Waals surface area contributed by atoms with E-state index in [9.17, 15) is 18.0 Å². The second kappa shape index (κ2) is 8.75. The molecule has 2 heterocycles. The molecule has 0 radical (unpaired) electrons. The summed E-state index contributed by atoms with van der Waals surface area (Å²) in [5.41, 5.74) is 0.515. The average molecular weight is 429 g/mol. The fraction of sp³-hybridized carbons (Fsp3) is 0.500. The standard InChI is InChI=1S/C20H24ClF3N4O/c1-14(12-28-15(2)11-18(25-28)20(22,23)24)19(29)27-9-7-26(8-10-27)13-16-5-3-4-6-17(16)21/h3-6,11,14H,7-10,12-13H2,1-2H3. The van der Waals surface area contributed by atoms with Crippen molar-refractivity contribution in [2.45, 2.75) is 33.1 Å². The Morgan fingerprint density at radius 3 is 2.45 bits per heavy atom. The van der Waals surface area contributed by atoms with Crippen molar-refractivity contribution in [3.63, 3.8) is 0 Å². The highest BCUT2D eigenvalue weighted by Crippen LogP contribution is 2.28. The number of carbonyl (C=O) groups excluding carboxylic acids is 1. The lowest BCUT2D eigenvalue weighted by Gasteiger charge is -2.36. The van der Waals surface area contributed by atoms with Crippen LogP contribution in [0.4, 0.5) is 13.2 Å². The Morgan fingerprint density at radius 1 is 1.21 bits per heavy atom. The molecule has 1 amide bonds. The molecule has 1 aromatic carbocycles. The molecule has 2 aromatic rings. The molecule has 9 heteroatoms. The monoisotopic (exact) mass is 428 g/mol. The molecule has 158 valence electrons. The minimum atomic E-state index is -4.48. The molecule has 0 spiro atoms. The minimum absolute atomic E-state index is 0.0640. The minimum Gasteiger partial charge on any atom is -0.340 e. The van der Waals surface area contributed by atoms with Crippen molar-refractivity contribution in [1.82, 2.24) is 19.6 Å². The molecule has 5 nitrogen and oxygen atoms in total. The van der Waals surface area contributed by atoms with Gasteiger partial charge in [0.25, 0.3) is 0 Å². The van der Waals surface area contributed by atoms with Crippen molar-refractivity contribution in [1.29, 1.82) is 0 Å². The highest BCUT2D eigenvalue weighted by molar-refractivity contribution is 6.31. The maximum absolute atomic E-state index is 12.8. The molecule has 1 aliphatic rings. The number of amides is 1. The molecule has 3 rings (SSSR count). The number of rotatable bonds is 5. The first-order valence-electron chi connectivity index (χ1n) is 9.51. The predicted molar refractivity (Wildman–Crippen MR) is 104 cm³/mol. The Balaban J connectivity index is 1.54. The Hall–Kier alpha value is -2.06. The molecule has 0 bridgehead atoms. The van der Waals surface area contributed by atoms with Crippen LogP contribution in [0, 0.1) is 12.8 Å². The molecule has 0 N–H and O–H groups in total. The third kappa shape index (κ3) is 5.30. The number of piperazine rings is 1. The summed E-state index contributed by atoms with van der Waals surface area (Å²) in [7, 11) is 0. The van der Waals surface area contributed by atoms with Crippen LogP contribution in [0.1, 0.15) is 23.9 Å². The SMILES string of the molecule is Cc1cc(C(F)(F)F)nn1CC(C)C(=O)N1CCN(Cc2ccccc2Cl)CC1. The number of alkyl halides is 3. The Labute approximate surface area is 173 Å². The average Bonchev–Trinajstić information content (AvgIpc) is 3.04. The quantitative estimate of drug-likeness (QED) is 0.726. The van der Waals surface area contributed by atoms with Crippen LogP contribution in [0.3, 0.4) is 0 Å². The van der Waals surface area contributed by atoms with Crippen LogP contribution in [0.5, 0.6) is 0 Å². The molecule has 1 atom stereocenters. The molecule has 1 aliphatic heterocycles. The van der Waals surface area contributed by atoms with E-state index in [2.05, 4.69) is 10.00 Å². The van der Waals surface area contributed by atoms with Crippen LogP contribution in [0.15, 0.2) is 30.3 Å².